The fraction of sp³-hybridized carbons (Fsp3) is 0.500. The van der Waals surface area contributed by atoms with Crippen LogP contribution in [0.2, 0.25) is 0 Å². The minimum absolute atomic E-state index is 0.00373. The number of carboxylic acids is 1. The van der Waals surface area contributed by atoms with Gasteiger partial charge < -0.3 is 19.9 Å². The fourth-order valence-corrected chi connectivity index (χ4v) is 4.18. The number of benzene rings is 1. The first kappa shape index (κ1) is 18.9. The molecule has 8 heteroatoms. The van der Waals surface area contributed by atoms with Crippen molar-refractivity contribution in [3.63, 3.8) is 0 Å². The summed E-state index contributed by atoms with van der Waals surface area (Å²) in [6, 6.07) is 1.61. The van der Waals surface area contributed by atoms with Crippen LogP contribution in [0, 0.1) is 17.6 Å². The summed E-state index contributed by atoms with van der Waals surface area (Å²) < 4.78 is 30.1. The first-order chi connectivity index (χ1) is 13.4. The molecule has 2 N–H and O–H groups in total. The molecule has 6 nitrogen and oxygen atoms in total. The monoisotopic (exact) mass is 391 g/mol. The van der Waals surface area contributed by atoms with Gasteiger partial charge >= 0.3 is 5.97 Å². The zero-order valence-corrected chi connectivity index (χ0v) is 15.7. The molecule has 1 aliphatic heterocycles. The van der Waals surface area contributed by atoms with Crippen LogP contribution in [0.5, 0.6) is 0 Å². The predicted octanol–water partition coefficient (Wildman–Crippen LogP) is 2.75. The van der Waals surface area contributed by atoms with Gasteiger partial charge in [0.2, 0.25) is 5.43 Å². The zero-order chi connectivity index (χ0) is 20.0. The minimum Gasteiger partial charge on any atom is -0.477 e. The second-order valence-electron chi connectivity index (χ2n) is 7.63. The molecule has 2 heterocycles. The van der Waals surface area contributed by atoms with E-state index in [9.17, 15) is 23.5 Å². The largest absolute Gasteiger partial charge is 0.477 e. The van der Waals surface area contributed by atoms with E-state index >= 15 is 0 Å². The zero-order valence-electron chi connectivity index (χ0n) is 15.7. The van der Waals surface area contributed by atoms with Crippen molar-refractivity contribution in [1.82, 2.24) is 9.88 Å². The molecule has 1 unspecified atom stereocenters. The number of hydrogen-bond donors (Lipinski definition) is 2. The Morgan fingerprint density at radius 3 is 2.68 bits per heavy atom. The van der Waals surface area contributed by atoms with Gasteiger partial charge in [-0.15, -0.1) is 0 Å². The highest BCUT2D eigenvalue weighted by Crippen LogP contribution is 2.43. The molecular weight excluding hydrogens is 368 g/mol. The highest BCUT2D eigenvalue weighted by molar-refractivity contribution is 5.99. The second kappa shape index (κ2) is 7.16. The SMILES string of the molecule is CCNCC1CCN(c2c(C(=O)O)c(=O)c3cc(F)cc(F)c3n2C2CC2)C1. The average molecular weight is 391 g/mol. The van der Waals surface area contributed by atoms with Crippen LogP contribution in [-0.4, -0.2) is 41.8 Å². The molecule has 1 saturated carbocycles. The number of fused-ring (bicyclic) bond motifs is 1. The van der Waals surface area contributed by atoms with Crippen molar-refractivity contribution < 1.29 is 18.7 Å². The molecule has 0 radical (unpaired) electrons. The molecular formula is C20H23F2N3O3. The molecule has 2 aliphatic rings. The summed E-state index contributed by atoms with van der Waals surface area (Å²) in [5, 5.41) is 12.9. The van der Waals surface area contributed by atoms with Crippen LogP contribution in [0.3, 0.4) is 0 Å². The number of aromatic carboxylic acids is 1. The van der Waals surface area contributed by atoms with Crippen molar-refractivity contribution >= 4 is 22.7 Å². The van der Waals surface area contributed by atoms with Crippen LogP contribution in [0.25, 0.3) is 10.9 Å². The maximum atomic E-state index is 14.7. The summed E-state index contributed by atoms with van der Waals surface area (Å²) in [7, 11) is 0. The Morgan fingerprint density at radius 2 is 2.04 bits per heavy atom. The normalized spacial score (nSPS) is 19.5. The molecule has 1 aromatic heterocycles. The Kier molecular flexibility index (Phi) is 4.82. The van der Waals surface area contributed by atoms with Gasteiger partial charge in [-0.2, -0.15) is 0 Å². The minimum atomic E-state index is -1.36. The number of pyridine rings is 1. The summed E-state index contributed by atoms with van der Waals surface area (Å²) in [5.41, 5.74) is -1.22. The van der Waals surface area contributed by atoms with Gasteiger partial charge in [0.15, 0.2) is 5.82 Å². The molecule has 2 aromatic rings. The Labute approximate surface area is 160 Å². The first-order valence-corrected chi connectivity index (χ1v) is 9.68. The first-order valence-electron chi connectivity index (χ1n) is 9.68. The quantitative estimate of drug-likeness (QED) is 0.792. The highest BCUT2D eigenvalue weighted by atomic mass is 19.1. The van der Waals surface area contributed by atoms with Crippen molar-refractivity contribution in [3.8, 4) is 0 Å². The molecule has 0 spiro atoms. The number of hydrogen-bond acceptors (Lipinski definition) is 4. The number of nitrogens with zero attached hydrogens (tertiary/aromatic N) is 2. The number of halogens is 2. The van der Waals surface area contributed by atoms with Crippen LogP contribution in [0.1, 0.15) is 42.6 Å². The van der Waals surface area contributed by atoms with E-state index in [2.05, 4.69) is 5.32 Å². The smallest absolute Gasteiger partial charge is 0.343 e. The molecule has 4 rings (SSSR count). The second-order valence-corrected chi connectivity index (χ2v) is 7.63. The van der Waals surface area contributed by atoms with E-state index in [4.69, 9.17) is 0 Å². The van der Waals surface area contributed by atoms with E-state index in [0.29, 0.717) is 19.0 Å². The number of anilines is 1. The van der Waals surface area contributed by atoms with E-state index in [1.165, 1.54) is 0 Å². The molecule has 28 heavy (non-hydrogen) atoms. The van der Waals surface area contributed by atoms with Gasteiger partial charge in [0.25, 0.3) is 0 Å². The lowest BCUT2D eigenvalue weighted by molar-refractivity contribution is 0.0695. The lowest BCUT2D eigenvalue weighted by Gasteiger charge is -2.27. The number of carbonyl (C=O) groups is 1. The predicted molar refractivity (Wildman–Crippen MR) is 102 cm³/mol. The van der Waals surface area contributed by atoms with Gasteiger partial charge in [-0.3, -0.25) is 4.79 Å². The molecule has 0 bridgehead atoms. The third-order valence-corrected chi connectivity index (χ3v) is 5.59. The third-order valence-electron chi connectivity index (χ3n) is 5.59. The Balaban J connectivity index is 1.94. The van der Waals surface area contributed by atoms with Gasteiger partial charge in [-0.25, -0.2) is 13.6 Å². The lowest BCUT2D eigenvalue weighted by atomic mass is 10.1. The van der Waals surface area contributed by atoms with E-state index in [0.717, 1.165) is 44.5 Å². The maximum Gasteiger partial charge on any atom is 0.343 e. The summed E-state index contributed by atoms with van der Waals surface area (Å²) in [6.07, 6.45) is 2.40. The average Bonchev–Trinajstić information content (AvgIpc) is 3.37. The van der Waals surface area contributed by atoms with Crippen LogP contribution >= 0.6 is 0 Å². The van der Waals surface area contributed by atoms with E-state index in [1.54, 1.807) is 4.57 Å². The third kappa shape index (κ3) is 3.15. The number of rotatable bonds is 6. The van der Waals surface area contributed by atoms with Crippen molar-refractivity contribution in [2.24, 2.45) is 5.92 Å². The molecule has 1 aliphatic carbocycles. The van der Waals surface area contributed by atoms with E-state index in [-0.39, 0.29) is 22.8 Å². The maximum absolute atomic E-state index is 14.7. The Bertz CT molecular complexity index is 1000. The van der Waals surface area contributed by atoms with Gasteiger partial charge in [0.1, 0.15) is 17.2 Å². The Hall–Kier alpha value is -2.48. The summed E-state index contributed by atoms with van der Waals surface area (Å²) in [6.45, 7) is 4.85. The van der Waals surface area contributed by atoms with Gasteiger partial charge in [-0.05, 0) is 44.3 Å². The molecule has 2 fully saturated rings. The van der Waals surface area contributed by atoms with E-state index < -0.39 is 28.6 Å². The van der Waals surface area contributed by atoms with Crippen molar-refractivity contribution in [3.05, 3.63) is 39.6 Å². The number of aromatic nitrogens is 1. The van der Waals surface area contributed by atoms with Crippen LogP contribution in [0.15, 0.2) is 16.9 Å². The summed E-state index contributed by atoms with van der Waals surface area (Å²) in [4.78, 5) is 26.8. The summed E-state index contributed by atoms with van der Waals surface area (Å²) >= 11 is 0. The molecule has 1 aromatic carbocycles. The van der Waals surface area contributed by atoms with Gasteiger partial charge in [0, 0.05) is 25.2 Å². The van der Waals surface area contributed by atoms with Gasteiger partial charge in [-0.1, -0.05) is 6.92 Å². The molecule has 1 saturated heterocycles. The Morgan fingerprint density at radius 1 is 1.29 bits per heavy atom. The molecule has 0 amide bonds. The molecule has 1 atom stereocenters. The van der Waals surface area contributed by atoms with Crippen LogP contribution in [0.4, 0.5) is 14.6 Å². The molecule has 150 valence electrons. The highest BCUT2D eigenvalue weighted by Gasteiger charge is 2.36. The fourth-order valence-electron chi connectivity index (χ4n) is 4.18. The standard InChI is InChI=1S/C20H23F2N3O3/c1-2-23-9-11-5-6-24(10-11)19-16(20(27)28)18(26)14-7-12(21)8-15(22)17(14)25(19)13-3-4-13/h7-8,11,13,23H,2-6,9-10H2,1H3,(H,27,28). The van der Waals surface area contributed by atoms with Crippen molar-refractivity contribution in [1.29, 1.82) is 0 Å². The number of carboxylic acid groups (broad SMARTS) is 1. The lowest BCUT2D eigenvalue weighted by Crippen LogP contribution is -2.32. The topological polar surface area (TPSA) is 74.6 Å². The van der Waals surface area contributed by atoms with Crippen LogP contribution < -0.4 is 15.6 Å². The van der Waals surface area contributed by atoms with Crippen molar-refractivity contribution in [2.45, 2.75) is 32.2 Å². The van der Waals surface area contributed by atoms with Crippen LogP contribution in [-0.2, 0) is 0 Å². The van der Waals surface area contributed by atoms with Gasteiger partial charge in [0.05, 0.1) is 10.9 Å². The van der Waals surface area contributed by atoms with E-state index in [1.807, 2.05) is 11.8 Å². The number of nitrogens with one attached hydrogen (secondary N) is 1. The summed E-state index contributed by atoms with van der Waals surface area (Å²) in [5.74, 6) is -2.51. The van der Waals surface area contributed by atoms with Crippen molar-refractivity contribution in [2.75, 3.05) is 31.1 Å².